The van der Waals surface area contributed by atoms with Gasteiger partial charge in [0.2, 0.25) is 0 Å². The van der Waals surface area contributed by atoms with Gasteiger partial charge in [-0.2, -0.15) is 0 Å². The van der Waals surface area contributed by atoms with Gasteiger partial charge in [0.15, 0.2) is 5.03 Å². The van der Waals surface area contributed by atoms with Crippen LogP contribution in [0.5, 0.6) is 0 Å². The molecule has 0 aromatic rings. The van der Waals surface area contributed by atoms with Crippen molar-refractivity contribution in [2.45, 2.75) is 45.9 Å². The molecule has 0 aromatic carbocycles. The van der Waals surface area contributed by atoms with E-state index in [1.54, 1.807) is 0 Å². The standard InChI is InChI=1S/C14H26N4O4/c1-4-11(2)22-12(3)17-7-6-16(14(17)15-18(19)20)9-13-5-8-21-10-13/h11-13H,4-10H2,1-3H3. The fourth-order valence-corrected chi connectivity index (χ4v) is 2.87. The number of rotatable bonds is 7. The van der Waals surface area contributed by atoms with Crippen LogP contribution >= 0.6 is 0 Å². The molecule has 8 nitrogen and oxygen atoms in total. The summed E-state index contributed by atoms with van der Waals surface area (Å²) in [4.78, 5) is 14.7. The molecule has 126 valence electrons. The highest BCUT2D eigenvalue weighted by molar-refractivity contribution is 5.81. The van der Waals surface area contributed by atoms with Crippen molar-refractivity contribution in [3.8, 4) is 0 Å². The van der Waals surface area contributed by atoms with Crippen molar-refractivity contribution >= 4 is 5.96 Å². The zero-order valence-corrected chi connectivity index (χ0v) is 13.6. The summed E-state index contributed by atoms with van der Waals surface area (Å²) in [5, 5.41) is 13.9. The molecule has 0 bridgehead atoms. The van der Waals surface area contributed by atoms with Crippen LogP contribution < -0.4 is 0 Å². The van der Waals surface area contributed by atoms with Crippen LogP contribution in [0.15, 0.2) is 5.10 Å². The summed E-state index contributed by atoms with van der Waals surface area (Å²) >= 11 is 0. The molecule has 0 amide bonds. The normalized spacial score (nSPS) is 26.7. The van der Waals surface area contributed by atoms with Gasteiger partial charge in [-0.3, -0.25) is 0 Å². The molecular formula is C14H26N4O4. The predicted octanol–water partition coefficient (Wildman–Crippen LogP) is 1.35. The molecule has 8 heteroatoms. The summed E-state index contributed by atoms with van der Waals surface area (Å²) in [5.41, 5.74) is 0. The molecule has 2 saturated heterocycles. The Bertz CT molecular complexity index is 412. The van der Waals surface area contributed by atoms with Gasteiger partial charge in [0.25, 0.3) is 5.96 Å². The average molecular weight is 314 g/mol. The van der Waals surface area contributed by atoms with Crippen LogP contribution in [0.4, 0.5) is 0 Å². The second-order valence-electron chi connectivity index (χ2n) is 5.96. The Kier molecular flexibility index (Phi) is 5.96. The van der Waals surface area contributed by atoms with E-state index in [9.17, 15) is 10.1 Å². The highest BCUT2D eigenvalue weighted by Crippen LogP contribution is 2.20. The van der Waals surface area contributed by atoms with Gasteiger partial charge in [-0.05, 0) is 26.7 Å². The molecule has 0 radical (unpaired) electrons. The molecular weight excluding hydrogens is 288 g/mol. The number of guanidine groups is 1. The van der Waals surface area contributed by atoms with Crippen LogP contribution in [-0.4, -0.2) is 66.0 Å². The topological polar surface area (TPSA) is 80.4 Å². The van der Waals surface area contributed by atoms with Gasteiger partial charge in [-0.15, -0.1) is 0 Å². The smallest absolute Gasteiger partial charge is 0.276 e. The molecule has 3 atom stereocenters. The molecule has 2 aliphatic rings. The molecule has 0 spiro atoms. The van der Waals surface area contributed by atoms with Gasteiger partial charge >= 0.3 is 0 Å². The van der Waals surface area contributed by atoms with E-state index in [2.05, 4.69) is 12.0 Å². The average Bonchev–Trinajstić information content (AvgIpc) is 3.09. The maximum Gasteiger partial charge on any atom is 0.276 e. The first-order valence-electron chi connectivity index (χ1n) is 7.99. The highest BCUT2D eigenvalue weighted by atomic mass is 16.7. The number of hydrogen-bond donors (Lipinski definition) is 0. The van der Waals surface area contributed by atoms with Crippen molar-refractivity contribution in [2.24, 2.45) is 11.0 Å². The largest absolute Gasteiger partial charge is 0.381 e. The minimum absolute atomic E-state index is 0.115. The van der Waals surface area contributed by atoms with Crippen molar-refractivity contribution in [1.29, 1.82) is 0 Å². The van der Waals surface area contributed by atoms with Crippen LogP contribution in [0.25, 0.3) is 0 Å². The Morgan fingerprint density at radius 1 is 1.50 bits per heavy atom. The lowest BCUT2D eigenvalue weighted by molar-refractivity contribution is -0.486. The first-order chi connectivity index (χ1) is 10.5. The summed E-state index contributed by atoms with van der Waals surface area (Å²) in [6.07, 6.45) is 1.80. The molecule has 0 N–H and O–H groups in total. The maximum atomic E-state index is 10.9. The van der Waals surface area contributed by atoms with E-state index < -0.39 is 5.03 Å². The molecule has 2 fully saturated rings. The minimum Gasteiger partial charge on any atom is -0.381 e. The van der Waals surface area contributed by atoms with Crippen molar-refractivity contribution in [3.05, 3.63) is 10.1 Å². The van der Waals surface area contributed by atoms with Gasteiger partial charge in [-0.1, -0.05) is 6.92 Å². The number of nitrogens with zero attached hydrogens (tertiary/aromatic N) is 4. The first-order valence-corrected chi connectivity index (χ1v) is 7.99. The molecule has 22 heavy (non-hydrogen) atoms. The van der Waals surface area contributed by atoms with Gasteiger partial charge in [-0.25, -0.2) is 10.1 Å². The lowest BCUT2D eigenvalue weighted by Crippen LogP contribution is -2.43. The second-order valence-corrected chi connectivity index (χ2v) is 5.96. The SMILES string of the molecule is CCC(C)OC(C)N1CCN(CC2CCOC2)C1=N[N+](=O)[O-]. The summed E-state index contributed by atoms with van der Waals surface area (Å²) in [6, 6.07) is 0. The maximum absolute atomic E-state index is 10.9. The molecule has 0 saturated carbocycles. The van der Waals surface area contributed by atoms with Gasteiger partial charge in [0.05, 0.1) is 12.7 Å². The van der Waals surface area contributed by atoms with E-state index in [4.69, 9.17) is 9.47 Å². The number of ether oxygens (including phenoxy) is 2. The molecule has 0 aliphatic carbocycles. The Labute approximate surface area is 131 Å². The summed E-state index contributed by atoms with van der Waals surface area (Å²) in [5.74, 6) is 0.829. The third-order valence-electron chi connectivity index (χ3n) is 4.27. The summed E-state index contributed by atoms with van der Waals surface area (Å²) < 4.78 is 11.3. The van der Waals surface area contributed by atoms with Crippen LogP contribution in [0.3, 0.4) is 0 Å². The Balaban J connectivity index is 2.04. The van der Waals surface area contributed by atoms with Crippen LogP contribution in [-0.2, 0) is 9.47 Å². The summed E-state index contributed by atoms with van der Waals surface area (Å²) in [7, 11) is 0. The van der Waals surface area contributed by atoms with Crippen LogP contribution in [0, 0.1) is 16.0 Å². The fourth-order valence-electron chi connectivity index (χ4n) is 2.87. The minimum atomic E-state index is -0.623. The molecule has 3 unspecified atom stereocenters. The first kappa shape index (κ1) is 17.0. The van der Waals surface area contributed by atoms with E-state index in [0.29, 0.717) is 18.4 Å². The lowest BCUT2D eigenvalue weighted by Gasteiger charge is -2.29. The van der Waals surface area contributed by atoms with Crippen LogP contribution in [0.2, 0.25) is 0 Å². The monoisotopic (exact) mass is 314 g/mol. The van der Waals surface area contributed by atoms with E-state index in [1.165, 1.54) is 0 Å². The third kappa shape index (κ3) is 4.30. The van der Waals surface area contributed by atoms with E-state index in [0.717, 1.165) is 39.1 Å². The van der Waals surface area contributed by atoms with Crippen molar-refractivity contribution in [3.63, 3.8) is 0 Å². The molecule has 2 rings (SSSR count). The highest BCUT2D eigenvalue weighted by Gasteiger charge is 2.35. The zero-order chi connectivity index (χ0) is 16.1. The van der Waals surface area contributed by atoms with Crippen LogP contribution in [0.1, 0.15) is 33.6 Å². The number of nitro groups is 1. The molecule has 0 aromatic heterocycles. The molecule has 2 aliphatic heterocycles. The number of hydrogen-bond acceptors (Lipinski definition) is 4. The van der Waals surface area contributed by atoms with E-state index in [1.807, 2.05) is 23.6 Å². The van der Waals surface area contributed by atoms with E-state index in [-0.39, 0.29) is 12.3 Å². The van der Waals surface area contributed by atoms with Crippen molar-refractivity contribution in [2.75, 3.05) is 32.8 Å². The van der Waals surface area contributed by atoms with Crippen molar-refractivity contribution in [1.82, 2.24) is 9.80 Å². The number of hydrazone groups is 1. The van der Waals surface area contributed by atoms with Gasteiger partial charge in [0, 0.05) is 32.2 Å². The Morgan fingerprint density at radius 2 is 2.27 bits per heavy atom. The molecule has 2 heterocycles. The Hall–Kier alpha value is -1.41. The van der Waals surface area contributed by atoms with Gasteiger partial charge in [0.1, 0.15) is 11.3 Å². The van der Waals surface area contributed by atoms with E-state index >= 15 is 0 Å². The fraction of sp³-hybridized carbons (Fsp3) is 0.929. The lowest BCUT2D eigenvalue weighted by atomic mass is 10.1. The Morgan fingerprint density at radius 3 is 2.86 bits per heavy atom. The predicted molar refractivity (Wildman–Crippen MR) is 81.9 cm³/mol. The van der Waals surface area contributed by atoms with Crippen molar-refractivity contribution < 1.29 is 14.5 Å². The second kappa shape index (κ2) is 7.73. The zero-order valence-electron chi connectivity index (χ0n) is 13.6. The summed E-state index contributed by atoms with van der Waals surface area (Å²) in [6.45, 7) is 9.65. The van der Waals surface area contributed by atoms with Gasteiger partial charge < -0.3 is 19.3 Å². The third-order valence-corrected chi connectivity index (χ3v) is 4.27. The quantitative estimate of drug-likeness (QED) is 0.521.